The molecule has 1 atom stereocenters. The number of carboxylic acid groups (broad SMARTS) is 1. The van der Waals surface area contributed by atoms with Gasteiger partial charge in [-0.2, -0.15) is 0 Å². The van der Waals surface area contributed by atoms with E-state index in [1.165, 1.54) is 6.92 Å². The number of nitrogens with zero attached hydrogens (tertiary/aromatic N) is 1. The van der Waals surface area contributed by atoms with E-state index in [2.05, 4.69) is 0 Å². The van der Waals surface area contributed by atoms with Gasteiger partial charge in [0.25, 0.3) is 5.56 Å². The van der Waals surface area contributed by atoms with Crippen molar-refractivity contribution in [2.45, 2.75) is 25.1 Å². The van der Waals surface area contributed by atoms with E-state index in [-0.39, 0.29) is 18.5 Å². The molecule has 1 rings (SSSR count). The Kier molecular flexibility index (Phi) is 4.46. The summed E-state index contributed by atoms with van der Waals surface area (Å²) in [5.74, 6) is -2.09. The second-order valence-corrected chi connectivity index (χ2v) is 6.51. The molecule has 1 unspecified atom stereocenters. The lowest BCUT2D eigenvalue weighted by Crippen LogP contribution is -2.32. The van der Waals surface area contributed by atoms with Gasteiger partial charge >= 0.3 is 5.97 Å². The Bertz CT molecular complexity index is 650. The summed E-state index contributed by atoms with van der Waals surface area (Å²) in [6, 6.07) is 1.07. The Morgan fingerprint density at radius 2 is 2.11 bits per heavy atom. The fraction of sp³-hybridized carbons (Fsp3) is 0.455. The van der Waals surface area contributed by atoms with Gasteiger partial charge in [-0.25, -0.2) is 12.8 Å². The van der Waals surface area contributed by atoms with Crippen LogP contribution in [0.3, 0.4) is 0 Å². The number of hydrogen-bond acceptors (Lipinski definition) is 4. The minimum Gasteiger partial charge on any atom is -0.480 e. The molecule has 1 aromatic heterocycles. The highest BCUT2D eigenvalue weighted by molar-refractivity contribution is 7.92. The molecule has 0 saturated heterocycles. The number of aromatic nitrogens is 1. The molecule has 0 aliphatic heterocycles. The smallest absolute Gasteiger partial charge is 0.321 e. The Labute approximate surface area is 109 Å². The van der Waals surface area contributed by atoms with Gasteiger partial charge in [-0.1, -0.05) is 0 Å². The van der Waals surface area contributed by atoms with E-state index >= 15 is 0 Å². The zero-order valence-corrected chi connectivity index (χ0v) is 11.3. The molecule has 1 aromatic rings. The number of halogens is 1. The van der Waals surface area contributed by atoms with E-state index in [1.807, 2.05) is 0 Å². The molecule has 0 spiro atoms. The Morgan fingerprint density at radius 1 is 1.53 bits per heavy atom. The number of aliphatic carboxylic acids is 1. The Morgan fingerprint density at radius 3 is 2.58 bits per heavy atom. The summed E-state index contributed by atoms with van der Waals surface area (Å²) in [6.45, 7) is 1.25. The fourth-order valence-electron chi connectivity index (χ4n) is 1.59. The molecule has 0 bridgehead atoms. The van der Waals surface area contributed by atoms with Crippen LogP contribution in [0.15, 0.2) is 17.1 Å². The van der Waals surface area contributed by atoms with Gasteiger partial charge in [-0.3, -0.25) is 9.59 Å². The number of aryl methyl sites for hydroxylation is 2. The number of rotatable bonds is 5. The van der Waals surface area contributed by atoms with Crippen LogP contribution < -0.4 is 5.56 Å². The molecule has 0 saturated carbocycles. The van der Waals surface area contributed by atoms with Crippen molar-refractivity contribution in [2.75, 3.05) is 6.26 Å². The normalized spacial score (nSPS) is 13.2. The van der Waals surface area contributed by atoms with Crippen LogP contribution in [0.2, 0.25) is 0 Å². The van der Waals surface area contributed by atoms with Crippen LogP contribution in [0.1, 0.15) is 12.0 Å². The predicted molar refractivity (Wildman–Crippen MR) is 66.3 cm³/mol. The molecule has 8 heteroatoms. The quantitative estimate of drug-likeness (QED) is 0.835. The third-order valence-corrected chi connectivity index (χ3v) is 4.16. The van der Waals surface area contributed by atoms with Gasteiger partial charge in [-0.15, -0.1) is 0 Å². The third-order valence-electron chi connectivity index (χ3n) is 2.69. The van der Waals surface area contributed by atoms with E-state index in [0.717, 1.165) is 23.1 Å². The second-order valence-electron chi connectivity index (χ2n) is 4.28. The van der Waals surface area contributed by atoms with E-state index in [1.54, 1.807) is 0 Å². The monoisotopic (exact) mass is 291 g/mol. The number of sulfone groups is 1. The number of pyridine rings is 1. The fourth-order valence-corrected chi connectivity index (χ4v) is 2.49. The van der Waals surface area contributed by atoms with Crippen molar-refractivity contribution in [3.63, 3.8) is 0 Å². The van der Waals surface area contributed by atoms with Crippen LogP contribution in [-0.2, 0) is 21.2 Å². The minimum atomic E-state index is -3.77. The lowest BCUT2D eigenvalue weighted by Gasteiger charge is -2.12. The van der Waals surface area contributed by atoms with Crippen LogP contribution in [0.25, 0.3) is 0 Å². The van der Waals surface area contributed by atoms with Crippen molar-refractivity contribution < 1.29 is 22.7 Å². The molecular weight excluding hydrogens is 277 g/mol. The van der Waals surface area contributed by atoms with E-state index < -0.39 is 32.4 Å². The molecule has 1 N–H and O–H groups in total. The van der Waals surface area contributed by atoms with Gasteiger partial charge in [0.15, 0.2) is 15.1 Å². The van der Waals surface area contributed by atoms with E-state index in [9.17, 15) is 22.4 Å². The number of hydrogen-bond donors (Lipinski definition) is 1. The van der Waals surface area contributed by atoms with Gasteiger partial charge in [-0.05, 0) is 18.9 Å². The molecule has 0 aliphatic carbocycles. The van der Waals surface area contributed by atoms with Crippen LogP contribution in [0, 0.1) is 12.7 Å². The van der Waals surface area contributed by atoms with Crippen molar-refractivity contribution >= 4 is 15.8 Å². The molecule has 19 heavy (non-hydrogen) atoms. The average molecular weight is 291 g/mol. The first-order valence-electron chi connectivity index (χ1n) is 5.41. The maximum Gasteiger partial charge on any atom is 0.321 e. The average Bonchev–Trinajstić information content (AvgIpc) is 2.23. The lowest BCUT2D eigenvalue weighted by molar-refractivity contribution is -0.136. The van der Waals surface area contributed by atoms with Crippen LogP contribution in [0.4, 0.5) is 4.39 Å². The molecule has 0 radical (unpaired) electrons. The van der Waals surface area contributed by atoms with Crippen molar-refractivity contribution in [3.8, 4) is 0 Å². The third kappa shape index (κ3) is 3.88. The summed E-state index contributed by atoms with van der Waals surface area (Å²) in [6.07, 6.45) is 1.46. The highest BCUT2D eigenvalue weighted by Gasteiger charge is 2.28. The summed E-state index contributed by atoms with van der Waals surface area (Å²) < 4.78 is 36.8. The summed E-state index contributed by atoms with van der Waals surface area (Å²) >= 11 is 0. The lowest BCUT2D eigenvalue weighted by atomic mass is 10.2. The van der Waals surface area contributed by atoms with Crippen molar-refractivity contribution in [2.24, 2.45) is 0 Å². The standard InChI is InChI=1S/C11H14FNO5S/c1-7-5-10(14)13(6-8(7)12)4-3-9(11(15)16)19(2,17)18/h5-6,9H,3-4H2,1-2H3,(H,15,16). The van der Waals surface area contributed by atoms with Crippen LogP contribution in [-0.4, -0.2) is 35.6 Å². The van der Waals surface area contributed by atoms with Gasteiger partial charge in [0.2, 0.25) is 0 Å². The SMILES string of the molecule is Cc1cc(=O)n(CCC(C(=O)O)S(C)(=O)=O)cc1F. The van der Waals surface area contributed by atoms with Gasteiger partial charge in [0, 0.05) is 25.1 Å². The maximum absolute atomic E-state index is 13.3. The molecule has 0 amide bonds. The predicted octanol–water partition coefficient (Wildman–Crippen LogP) is 0.184. The summed E-state index contributed by atoms with van der Waals surface area (Å²) in [5.41, 5.74) is -0.323. The van der Waals surface area contributed by atoms with Crippen molar-refractivity contribution in [1.82, 2.24) is 4.57 Å². The zero-order valence-electron chi connectivity index (χ0n) is 10.5. The first-order valence-corrected chi connectivity index (χ1v) is 7.36. The molecule has 0 fully saturated rings. The van der Waals surface area contributed by atoms with Crippen LogP contribution in [0.5, 0.6) is 0 Å². The van der Waals surface area contributed by atoms with Crippen molar-refractivity contribution in [1.29, 1.82) is 0 Å². The molecular formula is C11H14FNO5S. The van der Waals surface area contributed by atoms with Crippen LogP contribution >= 0.6 is 0 Å². The molecule has 0 aliphatic rings. The van der Waals surface area contributed by atoms with Crippen molar-refractivity contribution in [3.05, 3.63) is 34.0 Å². The van der Waals surface area contributed by atoms with Gasteiger partial charge < -0.3 is 9.67 Å². The highest BCUT2D eigenvalue weighted by Crippen LogP contribution is 2.08. The first-order chi connectivity index (χ1) is 8.62. The molecule has 6 nitrogen and oxygen atoms in total. The summed E-state index contributed by atoms with van der Waals surface area (Å²) in [5, 5.41) is 7.21. The Balaban J connectivity index is 2.96. The highest BCUT2D eigenvalue weighted by atomic mass is 32.2. The Hall–Kier alpha value is -1.70. The van der Waals surface area contributed by atoms with E-state index in [4.69, 9.17) is 5.11 Å². The zero-order chi connectivity index (χ0) is 14.8. The second kappa shape index (κ2) is 5.52. The van der Waals surface area contributed by atoms with Gasteiger partial charge in [0.1, 0.15) is 5.82 Å². The first kappa shape index (κ1) is 15.4. The molecule has 106 valence electrons. The largest absolute Gasteiger partial charge is 0.480 e. The van der Waals surface area contributed by atoms with E-state index in [0.29, 0.717) is 0 Å². The minimum absolute atomic E-state index is 0.180. The number of carboxylic acids is 1. The maximum atomic E-state index is 13.3. The van der Waals surface area contributed by atoms with Gasteiger partial charge in [0.05, 0.1) is 0 Å². The molecule has 0 aromatic carbocycles. The number of carbonyl (C=O) groups is 1. The topological polar surface area (TPSA) is 93.4 Å². The summed E-state index contributed by atoms with van der Waals surface area (Å²) in [7, 11) is -3.77. The molecule has 1 heterocycles. The summed E-state index contributed by atoms with van der Waals surface area (Å²) in [4.78, 5) is 22.4.